The van der Waals surface area contributed by atoms with Crippen molar-refractivity contribution in [2.45, 2.75) is 0 Å². The van der Waals surface area contributed by atoms with Gasteiger partial charge in [-0.25, -0.2) is 4.98 Å². The highest BCUT2D eigenvalue weighted by atomic mass is 32.1. The Morgan fingerprint density at radius 2 is 1.07 bits per heavy atom. The van der Waals surface area contributed by atoms with E-state index in [9.17, 15) is 0 Å². The first-order valence-corrected chi connectivity index (χ1v) is 15.0. The molecule has 0 spiro atoms. The van der Waals surface area contributed by atoms with E-state index in [0.29, 0.717) is 0 Å². The number of rotatable bonds is 3. The highest BCUT2D eigenvalue weighted by molar-refractivity contribution is 7.26. The van der Waals surface area contributed by atoms with E-state index in [2.05, 4.69) is 150 Å². The second kappa shape index (κ2) is 9.13. The summed E-state index contributed by atoms with van der Waals surface area (Å²) in [5, 5.41) is 6.36. The fourth-order valence-corrected chi connectivity index (χ4v) is 7.73. The monoisotopic (exact) mass is 552 g/mol. The molecule has 42 heavy (non-hydrogen) atoms. The smallest absolute Gasteiger partial charge is 0.0888 e. The van der Waals surface area contributed by atoms with Crippen molar-refractivity contribution in [1.29, 1.82) is 0 Å². The SMILES string of the molecule is c1cc(-c2cccc(-n3c4ccccc4c4ccccc43)c2)cc(-c2nc3ccccc3c3c2sc2ccccc23)c1. The van der Waals surface area contributed by atoms with Crippen molar-refractivity contribution in [3.05, 3.63) is 146 Å². The largest absolute Gasteiger partial charge is 0.309 e. The number of fused-ring (bicyclic) bond motifs is 8. The Bertz CT molecular complexity index is 2430. The molecule has 0 fully saturated rings. The molecule has 0 N–H and O–H groups in total. The summed E-state index contributed by atoms with van der Waals surface area (Å²) in [5.74, 6) is 0. The average Bonchev–Trinajstić information content (AvgIpc) is 3.61. The van der Waals surface area contributed by atoms with Gasteiger partial charge in [0.25, 0.3) is 0 Å². The maximum atomic E-state index is 5.24. The molecule has 0 aliphatic rings. The fourth-order valence-electron chi connectivity index (χ4n) is 6.50. The Hall–Kier alpha value is -5.25. The van der Waals surface area contributed by atoms with Gasteiger partial charge in [0.05, 0.1) is 26.9 Å². The van der Waals surface area contributed by atoms with Gasteiger partial charge in [-0.15, -0.1) is 11.3 Å². The molecule has 0 unspecified atom stereocenters. The molecule has 9 aromatic rings. The Balaban J connectivity index is 1.24. The first-order chi connectivity index (χ1) is 20.8. The van der Waals surface area contributed by atoms with Crippen LogP contribution in [0.4, 0.5) is 0 Å². The minimum atomic E-state index is 1.03. The molecule has 3 aromatic heterocycles. The second-order valence-corrected chi connectivity index (χ2v) is 11.8. The Kier molecular flexibility index (Phi) is 5.10. The molecule has 0 saturated heterocycles. The lowest BCUT2D eigenvalue weighted by molar-refractivity contribution is 1.18. The third-order valence-corrected chi connectivity index (χ3v) is 9.55. The molecule has 0 aliphatic carbocycles. The van der Waals surface area contributed by atoms with Crippen LogP contribution in [0.5, 0.6) is 0 Å². The van der Waals surface area contributed by atoms with Crippen LogP contribution < -0.4 is 0 Å². The molecule has 0 radical (unpaired) electrons. The molecule has 0 bridgehead atoms. The van der Waals surface area contributed by atoms with Crippen molar-refractivity contribution in [1.82, 2.24) is 9.55 Å². The Morgan fingerprint density at radius 3 is 1.86 bits per heavy atom. The Labute approximate surface area is 246 Å². The third-order valence-electron chi connectivity index (χ3n) is 8.37. The van der Waals surface area contributed by atoms with E-state index in [1.807, 2.05) is 11.3 Å². The predicted molar refractivity (Wildman–Crippen MR) is 180 cm³/mol. The van der Waals surface area contributed by atoms with Crippen LogP contribution in [0.1, 0.15) is 0 Å². The first-order valence-electron chi connectivity index (χ1n) is 14.2. The third kappa shape index (κ3) is 3.47. The summed E-state index contributed by atoms with van der Waals surface area (Å²) in [6, 6.07) is 52.3. The number of hydrogen-bond donors (Lipinski definition) is 0. The highest BCUT2D eigenvalue weighted by Gasteiger charge is 2.17. The predicted octanol–water partition coefficient (Wildman–Crippen LogP) is 11.0. The van der Waals surface area contributed by atoms with E-state index in [0.717, 1.165) is 22.5 Å². The fraction of sp³-hybridized carbons (Fsp3) is 0. The van der Waals surface area contributed by atoms with Gasteiger partial charge in [-0.1, -0.05) is 103 Å². The molecule has 0 aliphatic heterocycles. The quantitative estimate of drug-likeness (QED) is 0.213. The maximum absolute atomic E-state index is 5.24. The molecule has 0 atom stereocenters. The Morgan fingerprint density at radius 1 is 0.476 bits per heavy atom. The van der Waals surface area contributed by atoms with Crippen LogP contribution in [0, 0.1) is 0 Å². The average molecular weight is 553 g/mol. The zero-order valence-corrected chi connectivity index (χ0v) is 23.5. The van der Waals surface area contributed by atoms with E-state index < -0.39 is 0 Å². The lowest BCUT2D eigenvalue weighted by Crippen LogP contribution is -1.94. The number of aromatic nitrogens is 2. The molecule has 3 heterocycles. The van der Waals surface area contributed by atoms with E-state index in [4.69, 9.17) is 4.98 Å². The molecule has 9 rings (SSSR count). The van der Waals surface area contributed by atoms with Gasteiger partial charge in [0, 0.05) is 42.9 Å². The van der Waals surface area contributed by atoms with Crippen molar-refractivity contribution in [3.63, 3.8) is 0 Å². The van der Waals surface area contributed by atoms with Gasteiger partial charge >= 0.3 is 0 Å². The van der Waals surface area contributed by atoms with E-state index in [1.165, 1.54) is 58.5 Å². The van der Waals surface area contributed by atoms with Crippen LogP contribution in [0.3, 0.4) is 0 Å². The van der Waals surface area contributed by atoms with Crippen LogP contribution in [0.2, 0.25) is 0 Å². The van der Waals surface area contributed by atoms with Gasteiger partial charge < -0.3 is 4.57 Å². The number of para-hydroxylation sites is 3. The molecular formula is C39H24N2S. The molecule has 0 saturated carbocycles. The lowest BCUT2D eigenvalue weighted by Gasteiger charge is -2.12. The zero-order chi connectivity index (χ0) is 27.6. The van der Waals surface area contributed by atoms with E-state index in [-0.39, 0.29) is 0 Å². The maximum Gasteiger partial charge on any atom is 0.0888 e. The number of hydrogen-bond acceptors (Lipinski definition) is 2. The normalized spacial score (nSPS) is 11.8. The molecular weight excluding hydrogens is 529 g/mol. The van der Waals surface area contributed by atoms with Gasteiger partial charge in [-0.2, -0.15) is 0 Å². The second-order valence-electron chi connectivity index (χ2n) is 10.8. The number of pyridine rings is 1. The summed E-state index contributed by atoms with van der Waals surface area (Å²) in [7, 11) is 0. The summed E-state index contributed by atoms with van der Waals surface area (Å²) in [6.45, 7) is 0. The van der Waals surface area contributed by atoms with Crippen LogP contribution >= 0.6 is 11.3 Å². The van der Waals surface area contributed by atoms with Gasteiger partial charge in [0.15, 0.2) is 0 Å². The van der Waals surface area contributed by atoms with Crippen LogP contribution in [0.15, 0.2) is 146 Å². The van der Waals surface area contributed by atoms with Crippen LogP contribution in [-0.2, 0) is 0 Å². The van der Waals surface area contributed by atoms with Crippen LogP contribution in [-0.4, -0.2) is 9.55 Å². The van der Waals surface area contributed by atoms with Crippen molar-refractivity contribution >= 4 is 64.2 Å². The zero-order valence-electron chi connectivity index (χ0n) is 22.7. The topological polar surface area (TPSA) is 17.8 Å². The van der Waals surface area contributed by atoms with Gasteiger partial charge in [0.2, 0.25) is 0 Å². The minimum Gasteiger partial charge on any atom is -0.309 e. The van der Waals surface area contributed by atoms with Gasteiger partial charge in [-0.3, -0.25) is 0 Å². The first kappa shape index (κ1) is 23.5. The van der Waals surface area contributed by atoms with Crippen molar-refractivity contribution in [3.8, 4) is 28.1 Å². The van der Waals surface area contributed by atoms with Gasteiger partial charge in [-0.05, 0) is 53.6 Å². The summed E-state index contributed by atoms with van der Waals surface area (Å²) in [4.78, 5) is 5.24. The van der Waals surface area contributed by atoms with Gasteiger partial charge in [0.1, 0.15) is 0 Å². The van der Waals surface area contributed by atoms with E-state index >= 15 is 0 Å². The molecule has 0 amide bonds. The molecule has 3 heteroatoms. The summed E-state index contributed by atoms with van der Waals surface area (Å²) in [5.41, 5.74) is 9.17. The molecule has 2 nitrogen and oxygen atoms in total. The van der Waals surface area contributed by atoms with Crippen LogP contribution in [0.25, 0.3) is 81.0 Å². The minimum absolute atomic E-state index is 1.03. The summed E-state index contributed by atoms with van der Waals surface area (Å²) >= 11 is 1.84. The molecule has 196 valence electrons. The highest BCUT2D eigenvalue weighted by Crippen LogP contribution is 2.43. The lowest BCUT2D eigenvalue weighted by atomic mass is 9.99. The van der Waals surface area contributed by atoms with E-state index in [1.54, 1.807) is 0 Å². The van der Waals surface area contributed by atoms with Crippen molar-refractivity contribution < 1.29 is 0 Å². The van der Waals surface area contributed by atoms with Crippen molar-refractivity contribution in [2.24, 2.45) is 0 Å². The summed E-state index contributed by atoms with van der Waals surface area (Å²) in [6.07, 6.45) is 0. The molecule has 6 aromatic carbocycles. The number of thiophene rings is 1. The summed E-state index contributed by atoms with van der Waals surface area (Å²) < 4.78 is 4.91. The number of nitrogens with zero attached hydrogens (tertiary/aromatic N) is 2. The van der Waals surface area contributed by atoms with Crippen molar-refractivity contribution in [2.75, 3.05) is 0 Å². The standard InChI is InChI=1S/C39H24N2S/c1-5-19-33-31(17-1)37-32-18-4-8-22-36(32)42-39(37)38(40-33)27-13-9-11-25(23-27)26-12-10-14-28(24-26)41-34-20-6-2-15-29(34)30-16-3-7-21-35(30)41/h1-24H. The number of benzene rings is 6.